The maximum absolute atomic E-state index is 12.6. The highest BCUT2D eigenvalue weighted by Crippen LogP contribution is 2.23. The largest absolute Gasteiger partial charge is 0.497 e. The van der Waals surface area contributed by atoms with Gasteiger partial charge in [-0.1, -0.05) is 12.1 Å². The summed E-state index contributed by atoms with van der Waals surface area (Å²) in [5.41, 5.74) is 2.83. The Labute approximate surface area is 145 Å². The van der Waals surface area contributed by atoms with Crippen LogP contribution in [0, 0.1) is 0 Å². The van der Waals surface area contributed by atoms with E-state index in [9.17, 15) is 4.79 Å². The summed E-state index contributed by atoms with van der Waals surface area (Å²) in [5, 5.41) is 0. The van der Waals surface area contributed by atoms with Crippen LogP contribution in [0.25, 0.3) is 11.0 Å². The Hall–Kier alpha value is -3.09. The Morgan fingerprint density at radius 2 is 2.00 bits per heavy atom. The van der Waals surface area contributed by atoms with Gasteiger partial charge in [-0.15, -0.1) is 0 Å². The second kappa shape index (κ2) is 6.43. The van der Waals surface area contributed by atoms with Gasteiger partial charge in [0.1, 0.15) is 17.6 Å². The topological polar surface area (TPSA) is 74.3 Å². The number of anilines is 1. The van der Waals surface area contributed by atoms with Gasteiger partial charge < -0.3 is 19.5 Å². The average molecular weight is 337 g/mol. The molecule has 0 spiro atoms. The van der Waals surface area contributed by atoms with Crippen LogP contribution in [-0.2, 0) is 11.3 Å². The van der Waals surface area contributed by atoms with Gasteiger partial charge in [-0.3, -0.25) is 4.79 Å². The first kappa shape index (κ1) is 15.4. The number of fused-ring (bicyclic) bond motifs is 1. The highest BCUT2D eigenvalue weighted by Gasteiger charge is 2.26. The lowest BCUT2D eigenvalue weighted by atomic mass is 10.2. The summed E-state index contributed by atoms with van der Waals surface area (Å²) in [6.45, 7) is 2.34. The van der Waals surface area contributed by atoms with Crippen molar-refractivity contribution >= 4 is 22.8 Å². The minimum atomic E-state index is 0.0976. The molecule has 0 radical (unpaired) electrons. The first-order valence-electron chi connectivity index (χ1n) is 8.18. The number of aromatic amines is 1. The molecule has 7 heteroatoms. The van der Waals surface area contributed by atoms with Gasteiger partial charge in [0.15, 0.2) is 5.82 Å². The van der Waals surface area contributed by atoms with Crippen LogP contribution < -0.4 is 9.64 Å². The summed E-state index contributed by atoms with van der Waals surface area (Å²) < 4.78 is 5.17. The van der Waals surface area contributed by atoms with Crippen LogP contribution in [0.4, 0.5) is 5.82 Å². The predicted molar refractivity (Wildman–Crippen MR) is 94.5 cm³/mol. The van der Waals surface area contributed by atoms with Gasteiger partial charge in [0.05, 0.1) is 19.2 Å². The summed E-state index contributed by atoms with van der Waals surface area (Å²) in [4.78, 5) is 28.2. The molecule has 25 heavy (non-hydrogen) atoms. The third kappa shape index (κ3) is 3.00. The van der Waals surface area contributed by atoms with Crippen molar-refractivity contribution in [3.8, 4) is 5.75 Å². The lowest BCUT2D eigenvalue weighted by Gasteiger charge is -2.35. The molecule has 1 aromatic carbocycles. The molecular weight excluding hydrogens is 318 g/mol. The number of hydrogen-bond acceptors (Lipinski definition) is 5. The smallest absolute Gasteiger partial charge is 0.242 e. The van der Waals surface area contributed by atoms with E-state index in [1.807, 2.05) is 46.3 Å². The summed E-state index contributed by atoms with van der Waals surface area (Å²) in [6.07, 6.45) is 3.38. The summed E-state index contributed by atoms with van der Waals surface area (Å²) in [6, 6.07) is 9.72. The first-order valence-corrected chi connectivity index (χ1v) is 8.18. The van der Waals surface area contributed by atoms with E-state index in [0.717, 1.165) is 34.7 Å². The summed E-state index contributed by atoms with van der Waals surface area (Å²) in [5.74, 6) is 1.70. The molecule has 0 atom stereocenters. The standard InChI is InChI=1S/C18H19N5O2/c1-25-14-4-2-13(3-5-14)10-22-8-9-23(11-16(22)24)18-17-15(6-7-19-17)20-12-21-18/h2-7,12,19H,8-11H2,1H3. The van der Waals surface area contributed by atoms with Gasteiger partial charge >= 0.3 is 0 Å². The van der Waals surface area contributed by atoms with Crippen LogP contribution in [0.15, 0.2) is 42.9 Å². The average Bonchev–Trinajstić information content (AvgIpc) is 3.13. The molecule has 1 aliphatic rings. The quantitative estimate of drug-likeness (QED) is 0.786. The SMILES string of the molecule is COc1ccc(CN2CCN(c3ncnc4cc[nH]c34)CC2=O)cc1. The second-order valence-corrected chi connectivity index (χ2v) is 6.02. The number of piperazine rings is 1. The zero-order chi connectivity index (χ0) is 17.2. The Bertz CT molecular complexity index is 890. The van der Waals surface area contributed by atoms with Gasteiger partial charge in [0, 0.05) is 25.8 Å². The molecule has 1 amide bonds. The predicted octanol–water partition coefficient (Wildman–Crippen LogP) is 1.82. The van der Waals surface area contributed by atoms with Crippen LogP contribution in [0.2, 0.25) is 0 Å². The molecule has 2 aromatic heterocycles. The monoisotopic (exact) mass is 337 g/mol. The van der Waals surface area contributed by atoms with E-state index in [1.165, 1.54) is 0 Å². The fourth-order valence-corrected chi connectivity index (χ4v) is 3.11. The van der Waals surface area contributed by atoms with Crippen molar-refractivity contribution in [1.29, 1.82) is 0 Å². The van der Waals surface area contributed by atoms with Crippen molar-refractivity contribution < 1.29 is 9.53 Å². The number of rotatable bonds is 4. The van der Waals surface area contributed by atoms with Gasteiger partial charge in [0.25, 0.3) is 0 Å². The number of benzene rings is 1. The molecule has 1 N–H and O–H groups in total. The van der Waals surface area contributed by atoms with E-state index in [0.29, 0.717) is 19.6 Å². The number of nitrogens with zero attached hydrogens (tertiary/aromatic N) is 4. The zero-order valence-corrected chi connectivity index (χ0v) is 14.0. The van der Waals surface area contributed by atoms with Gasteiger partial charge in [-0.05, 0) is 23.8 Å². The number of amides is 1. The van der Waals surface area contributed by atoms with Crippen LogP contribution >= 0.6 is 0 Å². The van der Waals surface area contributed by atoms with Crippen molar-refractivity contribution in [2.75, 3.05) is 31.6 Å². The highest BCUT2D eigenvalue weighted by atomic mass is 16.5. The van der Waals surface area contributed by atoms with E-state index in [-0.39, 0.29) is 5.91 Å². The fraction of sp³-hybridized carbons (Fsp3) is 0.278. The lowest BCUT2D eigenvalue weighted by Crippen LogP contribution is -2.50. The molecule has 0 unspecified atom stereocenters. The van der Waals surface area contributed by atoms with Crippen LogP contribution in [0.3, 0.4) is 0 Å². The Kier molecular flexibility index (Phi) is 3.97. The molecule has 1 fully saturated rings. The normalized spacial score (nSPS) is 15.0. The van der Waals surface area contributed by atoms with E-state index in [1.54, 1.807) is 13.4 Å². The van der Waals surface area contributed by atoms with Crippen LogP contribution in [-0.4, -0.2) is 52.5 Å². The number of aromatic nitrogens is 3. The summed E-state index contributed by atoms with van der Waals surface area (Å²) in [7, 11) is 1.64. The Morgan fingerprint density at radius 3 is 2.76 bits per heavy atom. The Morgan fingerprint density at radius 1 is 1.16 bits per heavy atom. The highest BCUT2D eigenvalue weighted by molar-refractivity contribution is 5.89. The number of ether oxygens (including phenoxy) is 1. The lowest BCUT2D eigenvalue weighted by molar-refractivity contribution is -0.131. The third-order valence-corrected chi connectivity index (χ3v) is 4.48. The van der Waals surface area contributed by atoms with Crippen LogP contribution in [0.5, 0.6) is 5.75 Å². The molecule has 1 saturated heterocycles. The molecule has 4 rings (SSSR count). The minimum Gasteiger partial charge on any atom is -0.497 e. The second-order valence-electron chi connectivity index (χ2n) is 6.02. The molecule has 0 bridgehead atoms. The van der Waals surface area contributed by atoms with E-state index in [2.05, 4.69) is 15.0 Å². The third-order valence-electron chi connectivity index (χ3n) is 4.48. The number of H-pyrrole nitrogens is 1. The summed E-state index contributed by atoms with van der Waals surface area (Å²) >= 11 is 0. The fourth-order valence-electron chi connectivity index (χ4n) is 3.11. The van der Waals surface area contributed by atoms with Crippen molar-refractivity contribution in [2.24, 2.45) is 0 Å². The van der Waals surface area contributed by atoms with E-state index >= 15 is 0 Å². The molecule has 0 saturated carbocycles. The molecule has 128 valence electrons. The minimum absolute atomic E-state index is 0.0976. The van der Waals surface area contributed by atoms with Crippen molar-refractivity contribution in [2.45, 2.75) is 6.54 Å². The number of carbonyl (C=O) groups excluding carboxylic acids is 1. The number of nitrogens with one attached hydrogen (secondary N) is 1. The molecular formula is C18H19N5O2. The molecule has 3 aromatic rings. The van der Waals surface area contributed by atoms with Crippen molar-refractivity contribution in [3.05, 3.63) is 48.4 Å². The molecule has 3 heterocycles. The van der Waals surface area contributed by atoms with Gasteiger partial charge in [-0.2, -0.15) is 0 Å². The number of methoxy groups -OCH3 is 1. The molecule has 1 aliphatic heterocycles. The van der Waals surface area contributed by atoms with E-state index in [4.69, 9.17) is 4.74 Å². The zero-order valence-electron chi connectivity index (χ0n) is 14.0. The van der Waals surface area contributed by atoms with Crippen molar-refractivity contribution in [3.63, 3.8) is 0 Å². The van der Waals surface area contributed by atoms with Crippen molar-refractivity contribution in [1.82, 2.24) is 19.9 Å². The van der Waals surface area contributed by atoms with Gasteiger partial charge in [-0.25, -0.2) is 9.97 Å². The molecule has 0 aliphatic carbocycles. The number of hydrogen-bond donors (Lipinski definition) is 1. The maximum Gasteiger partial charge on any atom is 0.242 e. The van der Waals surface area contributed by atoms with E-state index < -0.39 is 0 Å². The molecule has 7 nitrogen and oxygen atoms in total. The van der Waals surface area contributed by atoms with Gasteiger partial charge in [0.2, 0.25) is 5.91 Å². The maximum atomic E-state index is 12.6. The van der Waals surface area contributed by atoms with Crippen LogP contribution in [0.1, 0.15) is 5.56 Å². The Balaban J connectivity index is 1.46. The number of carbonyl (C=O) groups is 1. The first-order chi connectivity index (χ1) is 12.2.